The Morgan fingerprint density at radius 3 is 2.65 bits per heavy atom. The number of carbonyl (C=O) groups is 1. The first-order valence-corrected chi connectivity index (χ1v) is 6.54. The van der Waals surface area contributed by atoms with Crippen LogP contribution in [0.3, 0.4) is 0 Å². The standard InChI is InChI=1S/C14H17N5O/c1-18(2)13-16-12(15)19-11(20)8-9-14(19,17-13)10-6-4-3-5-7-10/h3-7H,8-9H2,1-2H3,(H2,15,16,17). The second-order valence-corrected chi connectivity index (χ2v) is 5.19. The zero-order valence-corrected chi connectivity index (χ0v) is 11.6. The molecule has 0 spiro atoms. The molecule has 0 radical (unpaired) electrons. The Kier molecular flexibility index (Phi) is 2.74. The van der Waals surface area contributed by atoms with E-state index in [-0.39, 0.29) is 11.9 Å². The number of amides is 1. The highest BCUT2D eigenvalue weighted by atomic mass is 16.2. The summed E-state index contributed by atoms with van der Waals surface area (Å²) < 4.78 is 0. The second-order valence-electron chi connectivity index (χ2n) is 5.19. The summed E-state index contributed by atoms with van der Waals surface area (Å²) in [7, 11) is 3.72. The van der Waals surface area contributed by atoms with Crippen molar-refractivity contribution >= 4 is 17.8 Å². The summed E-state index contributed by atoms with van der Waals surface area (Å²) in [5, 5.41) is 0. The minimum atomic E-state index is -0.746. The predicted octanol–water partition coefficient (Wildman–Crippen LogP) is 0.708. The molecule has 1 atom stereocenters. The molecule has 1 aromatic carbocycles. The SMILES string of the molecule is CN(C)C1=NC2(c3ccccc3)CCC(=O)N2C(N)=N1. The van der Waals surface area contributed by atoms with Gasteiger partial charge in [0.25, 0.3) is 0 Å². The fourth-order valence-electron chi connectivity index (χ4n) is 2.72. The molecule has 2 heterocycles. The third kappa shape index (κ3) is 1.68. The minimum Gasteiger partial charge on any atom is -0.369 e. The van der Waals surface area contributed by atoms with E-state index in [1.54, 1.807) is 4.90 Å². The lowest BCUT2D eigenvalue weighted by Gasteiger charge is -2.38. The van der Waals surface area contributed by atoms with Gasteiger partial charge in [0.1, 0.15) is 0 Å². The van der Waals surface area contributed by atoms with Crippen molar-refractivity contribution in [3.8, 4) is 0 Å². The lowest BCUT2D eigenvalue weighted by atomic mass is 9.97. The maximum atomic E-state index is 12.2. The van der Waals surface area contributed by atoms with Crippen LogP contribution in [0.2, 0.25) is 0 Å². The van der Waals surface area contributed by atoms with Crippen LogP contribution in [0.25, 0.3) is 0 Å². The van der Waals surface area contributed by atoms with Gasteiger partial charge in [0, 0.05) is 32.5 Å². The summed E-state index contributed by atoms with van der Waals surface area (Å²) in [5.41, 5.74) is 6.22. The van der Waals surface area contributed by atoms with Crippen molar-refractivity contribution in [2.75, 3.05) is 14.1 Å². The van der Waals surface area contributed by atoms with Crippen molar-refractivity contribution < 1.29 is 4.79 Å². The number of carbonyl (C=O) groups excluding carboxylic acids is 1. The Bertz CT molecular complexity index is 607. The Morgan fingerprint density at radius 1 is 1.30 bits per heavy atom. The van der Waals surface area contributed by atoms with Crippen LogP contribution < -0.4 is 5.73 Å². The number of hydrogen-bond donors (Lipinski definition) is 1. The molecule has 3 rings (SSSR count). The molecule has 0 bridgehead atoms. The molecule has 0 saturated carbocycles. The molecule has 0 aromatic heterocycles. The van der Waals surface area contributed by atoms with Crippen molar-refractivity contribution in [2.45, 2.75) is 18.5 Å². The summed E-state index contributed by atoms with van der Waals surface area (Å²) >= 11 is 0. The monoisotopic (exact) mass is 271 g/mol. The second kappa shape index (κ2) is 4.33. The highest BCUT2D eigenvalue weighted by Gasteiger charge is 2.51. The molecule has 2 aliphatic heterocycles. The molecule has 1 saturated heterocycles. The minimum absolute atomic E-state index is 0.0309. The topological polar surface area (TPSA) is 74.3 Å². The van der Waals surface area contributed by atoms with Gasteiger partial charge in [-0.05, 0) is 0 Å². The van der Waals surface area contributed by atoms with Gasteiger partial charge in [0.05, 0.1) is 0 Å². The average Bonchev–Trinajstić information content (AvgIpc) is 2.79. The Morgan fingerprint density at radius 2 is 2.00 bits per heavy atom. The molecule has 1 fully saturated rings. The first-order valence-electron chi connectivity index (χ1n) is 6.54. The van der Waals surface area contributed by atoms with Gasteiger partial charge < -0.3 is 10.6 Å². The maximum absolute atomic E-state index is 12.2. The van der Waals surface area contributed by atoms with Crippen molar-refractivity contribution in [3.05, 3.63) is 35.9 Å². The first-order chi connectivity index (χ1) is 9.54. The van der Waals surface area contributed by atoms with Gasteiger partial charge in [-0.3, -0.25) is 9.69 Å². The number of nitrogens with zero attached hydrogens (tertiary/aromatic N) is 4. The Balaban J connectivity index is 2.19. The van der Waals surface area contributed by atoms with Crippen LogP contribution in [-0.4, -0.2) is 41.7 Å². The summed E-state index contributed by atoms with van der Waals surface area (Å²) in [6, 6.07) is 9.77. The number of fused-ring (bicyclic) bond motifs is 1. The largest absolute Gasteiger partial charge is 0.369 e. The van der Waals surface area contributed by atoms with E-state index in [0.717, 1.165) is 5.56 Å². The zero-order chi connectivity index (χ0) is 14.3. The van der Waals surface area contributed by atoms with Crippen molar-refractivity contribution in [2.24, 2.45) is 15.7 Å². The molecular formula is C14H17N5O. The lowest BCUT2D eigenvalue weighted by Crippen LogP contribution is -2.53. The van der Waals surface area contributed by atoms with Crippen LogP contribution >= 0.6 is 0 Å². The number of rotatable bonds is 1. The van der Waals surface area contributed by atoms with Crippen LogP contribution in [0.5, 0.6) is 0 Å². The number of hydrogen-bond acceptors (Lipinski definition) is 5. The molecule has 6 nitrogen and oxygen atoms in total. The van der Waals surface area contributed by atoms with Gasteiger partial charge in [-0.2, -0.15) is 4.99 Å². The van der Waals surface area contributed by atoms with Crippen LogP contribution in [0, 0.1) is 0 Å². The number of aliphatic imine (C=N–C) groups is 2. The lowest BCUT2D eigenvalue weighted by molar-refractivity contribution is -0.126. The van der Waals surface area contributed by atoms with E-state index >= 15 is 0 Å². The van der Waals surface area contributed by atoms with Crippen LogP contribution in [0.4, 0.5) is 0 Å². The van der Waals surface area contributed by atoms with Gasteiger partial charge in [-0.1, -0.05) is 30.3 Å². The first kappa shape index (κ1) is 12.7. The zero-order valence-electron chi connectivity index (χ0n) is 11.6. The van der Waals surface area contributed by atoms with Crippen LogP contribution in [0.15, 0.2) is 40.3 Å². The molecule has 20 heavy (non-hydrogen) atoms. The predicted molar refractivity (Wildman–Crippen MR) is 76.9 cm³/mol. The number of benzene rings is 1. The highest BCUT2D eigenvalue weighted by molar-refractivity contribution is 6.06. The molecule has 0 aliphatic carbocycles. The summed E-state index contributed by atoms with van der Waals surface area (Å²) in [6.07, 6.45) is 1.04. The summed E-state index contributed by atoms with van der Waals surface area (Å²) in [5.74, 6) is 0.726. The maximum Gasteiger partial charge on any atom is 0.231 e. The van der Waals surface area contributed by atoms with E-state index in [0.29, 0.717) is 18.8 Å². The van der Waals surface area contributed by atoms with Gasteiger partial charge in [-0.15, -0.1) is 0 Å². The van der Waals surface area contributed by atoms with Crippen molar-refractivity contribution in [3.63, 3.8) is 0 Å². The third-order valence-electron chi connectivity index (χ3n) is 3.67. The highest BCUT2D eigenvalue weighted by Crippen LogP contribution is 2.42. The molecule has 1 unspecified atom stereocenters. The Labute approximate surface area is 117 Å². The summed E-state index contributed by atoms with van der Waals surface area (Å²) in [6.45, 7) is 0. The molecule has 1 aromatic rings. The Hall–Kier alpha value is -2.37. The fourth-order valence-corrected chi connectivity index (χ4v) is 2.72. The third-order valence-corrected chi connectivity index (χ3v) is 3.67. The van der Waals surface area contributed by atoms with Gasteiger partial charge in [0.2, 0.25) is 17.8 Å². The van der Waals surface area contributed by atoms with E-state index in [1.165, 1.54) is 4.90 Å². The van der Waals surface area contributed by atoms with Crippen molar-refractivity contribution in [1.82, 2.24) is 9.80 Å². The van der Waals surface area contributed by atoms with Crippen LogP contribution in [-0.2, 0) is 10.5 Å². The van der Waals surface area contributed by atoms with Crippen LogP contribution in [0.1, 0.15) is 18.4 Å². The smallest absolute Gasteiger partial charge is 0.231 e. The van der Waals surface area contributed by atoms with E-state index in [2.05, 4.69) is 4.99 Å². The van der Waals surface area contributed by atoms with E-state index in [4.69, 9.17) is 10.7 Å². The van der Waals surface area contributed by atoms with E-state index in [1.807, 2.05) is 44.4 Å². The molecular weight excluding hydrogens is 254 g/mol. The van der Waals surface area contributed by atoms with Crippen molar-refractivity contribution in [1.29, 1.82) is 0 Å². The molecule has 6 heteroatoms. The fraction of sp³-hybridized carbons (Fsp3) is 0.357. The van der Waals surface area contributed by atoms with E-state index < -0.39 is 5.66 Å². The van der Waals surface area contributed by atoms with Gasteiger partial charge in [0.15, 0.2) is 5.66 Å². The molecule has 2 aliphatic rings. The van der Waals surface area contributed by atoms with E-state index in [9.17, 15) is 4.79 Å². The molecule has 1 amide bonds. The number of nitrogens with two attached hydrogens (primary N) is 1. The normalized spacial score (nSPS) is 25.1. The van der Waals surface area contributed by atoms with Gasteiger partial charge in [-0.25, -0.2) is 4.99 Å². The molecule has 104 valence electrons. The summed E-state index contributed by atoms with van der Waals surface area (Å²) in [4.78, 5) is 24.4. The quantitative estimate of drug-likeness (QED) is 0.817. The number of guanidine groups is 2. The average molecular weight is 271 g/mol. The van der Waals surface area contributed by atoms with Gasteiger partial charge >= 0.3 is 0 Å². The molecule has 2 N–H and O–H groups in total.